The lowest BCUT2D eigenvalue weighted by Crippen LogP contribution is -2.40. The van der Waals surface area contributed by atoms with Crippen molar-refractivity contribution in [3.8, 4) is 35.3 Å². The van der Waals surface area contributed by atoms with Crippen LogP contribution in [0, 0.1) is 40.3 Å². The van der Waals surface area contributed by atoms with Crippen molar-refractivity contribution in [3.63, 3.8) is 0 Å². The summed E-state index contributed by atoms with van der Waals surface area (Å²) in [6.45, 7) is 0.211. The molecule has 14 heteroatoms. The second-order valence-electron chi connectivity index (χ2n) is 8.97. The van der Waals surface area contributed by atoms with Crippen LogP contribution in [0.4, 0.5) is 29.1 Å². The smallest absolute Gasteiger partial charge is 0.418 e. The highest BCUT2D eigenvalue weighted by molar-refractivity contribution is 6.32. The van der Waals surface area contributed by atoms with Crippen LogP contribution in [0.15, 0.2) is 12.1 Å². The van der Waals surface area contributed by atoms with Gasteiger partial charge in [0.25, 0.3) is 0 Å². The molecule has 1 aliphatic heterocycles. The lowest BCUT2D eigenvalue weighted by Gasteiger charge is -2.29. The number of halogens is 5. The van der Waals surface area contributed by atoms with Crippen LogP contribution < -0.4 is 20.1 Å². The number of nitrogens with zero attached hydrogens (tertiary/aromatic N) is 6. The van der Waals surface area contributed by atoms with E-state index in [9.17, 15) is 23.7 Å². The first-order valence-corrected chi connectivity index (χ1v) is 11.7. The van der Waals surface area contributed by atoms with Crippen LogP contribution in [-0.4, -0.2) is 41.3 Å². The molecular weight excluding hydrogens is 530 g/mol. The van der Waals surface area contributed by atoms with Crippen molar-refractivity contribution in [1.82, 2.24) is 15.0 Å². The van der Waals surface area contributed by atoms with E-state index in [1.165, 1.54) is 7.11 Å². The molecule has 0 spiro atoms. The predicted molar refractivity (Wildman–Crippen MR) is 128 cm³/mol. The minimum atomic E-state index is -4.96. The molecule has 196 valence electrons. The van der Waals surface area contributed by atoms with Crippen molar-refractivity contribution in [2.24, 2.45) is 11.8 Å². The number of benzene rings is 1. The predicted octanol–water partition coefficient (Wildman–Crippen LogP) is 4.73. The highest BCUT2D eigenvalue weighted by Gasteiger charge is 2.43. The van der Waals surface area contributed by atoms with Crippen molar-refractivity contribution < 1.29 is 27.0 Å². The van der Waals surface area contributed by atoms with E-state index in [4.69, 9.17) is 26.8 Å². The van der Waals surface area contributed by atoms with Gasteiger partial charge in [-0.15, -0.1) is 0 Å². The number of nitrogen functional groups attached to an aromatic ring is 1. The van der Waals surface area contributed by atoms with Gasteiger partial charge < -0.3 is 20.1 Å². The normalized spacial score (nSPS) is 20.3. The van der Waals surface area contributed by atoms with E-state index in [0.29, 0.717) is 13.0 Å². The lowest BCUT2D eigenvalue weighted by molar-refractivity contribution is -0.137. The van der Waals surface area contributed by atoms with Gasteiger partial charge in [-0.3, -0.25) is 0 Å². The van der Waals surface area contributed by atoms with Gasteiger partial charge in [0.1, 0.15) is 29.0 Å². The SMILES string of the molecule is COc1nc2c3c(nc(-c4cc(N)cc(Cl)c4C(F)(F)F)c(F)c3n1)OCC(CC#N)N2CC1CC1C#N. The fourth-order valence-corrected chi connectivity index (χ4v) is 4.93. The Morgan fingerprint density at radius 1 is 1.26 bits per heavy atom. The summed E-state index contributed by atoms with van der Waals surface area (Å²) in [5, 5.41) is 18.0. The van der Waals surface area contributed by atoms with Gasteiger partial charge >= 0.3 is 12.2 Å². The van der Waals surface area contributed by atoms with Crippen molar-refractivity contribution >= 4 is 34.0 Å². The molecule has 5 rings (SSSR count). The summed E-state index contributed by atoms with van der Waals surface area (Å²) in [6, 6.07) is 5.29. The Morgan fingerprint density at radius 3 is 2.66 bits per heavy atom. The van der Waals surface area contributed by atoms with E-state index < -0.39 is 45.4 Å². The molecule has 0 saturated heterocycles. The Kier molecular flexibility index (Phi) is 6.27. The van der Waals surface area contributed by atoms with Gasteiger partial charge in [0.2, 0.25) is 5.88 Å². The average molecular weight is 548 g/mol. The van der Waals surface area contributed by atoms with Crippen LogP contribution in [0.3, 0.4) is 0 Å². The molecule has 1 aromatic carbocycles. The van der Waals surface area contributed by atoms with Crippen LogP contribution in [0.1, 0.15) is 18.4 Å². The van der Waals surface area contributed by atoms with E-state index in [1.807, 2.05) is 0 Å². The van der Waals surface area contributed by atoms with Crippen LogP contribution in [0.25, 0.3) is 22.2 Å². The molecule has 3 heterocycles. The van der Waals surface area contributed by atoms with Gasteiger partial charge in [-0.25, -0.2) is 9.37 Å². The van der Waals surface area contributed by atoms with E-state index >= 15 is 4.39 Å². The molecular formula is C24H18ClF4N7O2. The van der Waals surface area contributed by atoms with Gasteiger partial charge in [0.15, 0.2) is 5.82 Å². The fraction of sp³-hybridized carbons (Fsp3) is 0.375. The number of methoxy groups -OCH3 is 1. The van der Waals surface area contributed by atoms with Crippen LogP contribution in [0.5, 0.6) is 11.9 Å². The summed E-state index contributed by atoms with van der Waals surface area (Å²) in [4.78, 5) is 14.3. The van der Waals surface area contributed by atoms with Crippen LogP contribution in [0.2, 0.25) is 5.02 Å². The quantitative estimate of drug-likeness (QED) is 0.355. The molecule has 1 aliphatic carbocycles. The lowest BCUT2D eigenvalue weighted by atomic mass is 10.0. The maximum atomic E-state index is 16.1. The molecule has 3 atom stereocenters. The Hall–Kier alpha value is -4.10. The van der Waals surface area contributed by atoms with Crippen molar-refractivity contribution in [1.29, 1.82) is 10.5 Å². The van der Waals surface area contributed by atoms with Crippen molar-refractivity contribution in [2.75, 3.05) is 30.9 Å². The number of aromatic nitrogens is 3. The van der Waals surface area contributed by atoms with Gasteiger partial charge in [-0.05, 0) is 24.5 Å². The van der Waals surface area contributed by atoms with E-state index in [1.54, 1.807) is 4.90 Å². The molecule has 1 saturated carbocycles. The number of rotatable bonds is 5. The largest absolute Gasteiger partial charge is 0.475 e. The van der Waals surface area contributed by atoms with Gasteiger partial charge in [0.05, 0.1) is 48.2 Å². The van der Waals surface area contributed by atoms with Crippen LogP contribution in [-0.2, 0) is 6.18 Å². The first kappa shape index (κ1) is 25.5. The summed E-state index contributed by atoms with van der Waals surface area (Å²) in [6.07, 6.45) is -4.32. The standard InChI is InChI=1S/C24H18ClF4N7O2/c1-37-23-34-20-16-21(35-23)36(8-11-4-10(11)7-31)13(2-3-30)9-38-22(16)33-19(18(20)26)14-5-12(32)6-15(25)17(14)24(27,28)29/h5-6,10-11,13H,2,4,8-9,32H2,1H3. The Morgan fingerprint density at radius 2 is 2.03 bits per heavy atom. The summed E-state index contributed by atoms with van der Waals surface area (Å²) < 4.78 is 69.0. The molecule has 1 fully saturated rings. The third-order valence-electron chi connectivity index (χ3n) is 6.52. The topological polar surface area (TPSA) is 134 Å². The highest BCUT2D eigenvalue weighted by Crippen LogP contribution is 2.47. The zero-order valence-electron chi connectivity index (χ0n) is 19.7. The third kappa shape index (κ3) is 4.33. The summed E-state index contributed by atoms with van der Waals surface area (Å²) >= 11 is 5.89. The number of pyridine rings is 1. The second kappa shape index (κ2) is 9.33. The molecule has 3 aromatic rings. The Bertz CT molecular complexity index is 1540. The Balaban J connectivity index is 1.79. The zero-order valence-corrected chi connectivity index (χ0v) is 20.4. The summed E-state index contributed by atoms with van der Waals surface area (Å²) in [5.74, 6) is -1.46. The fourth-order valence-electron chi connectivity index (χ4n) is 4.60. The maximum absolute atomic E-state index is 16.1. The molecule has 2 aliphatic rings. The number of nitriles is 2. The van der Waals surface area contributed by atoms with Crippen molar-refractivity contribution in [2.45, 2.75) is 25.1 Å². The number of alkyl halides is 3. The first-order chi connectivity index (χ1) is 18.1. The molecule has 9 nitrogen and oxygen atoms in total. The summed E-state index contributed by atoms with van der Waals surface area (Å²) in [5.41, 5.74) is 2.49. The minimum absolute atomic E-state index is 0.00482. The zero-order chi connectivity index (χ0) is 27.4. The number of ether oxygens (including phenoxy) is 2. The van der Waals surface area contributed by atoms with Gasteiger partial charge in [-0.2, -0.15) is 33.7 Å². The average Bonchev–Trinajstić information content (AvgIpc) is 3.64. The Labute approximate surface area is 218 Å². The molecule has 0 amide bonds. The monoisotopic (exact) mass is 547 g/mol. The van der Waals surface area contributed by atoms with E-state index in [0.717, 1.165) is 12.1 Å². The van der Waals surface area contributed by atoms with Gasteiger partial charge in [0, 0.05) is 17.8 Å². The molecule has 2 aromatic heterocycles. The number of hydrogen-bond donors (Lipinski definition) is 1. The number of nitrogens with two attached hydrogens (primary N) is 1. The van der Waals surface area contributed by atoms with Crippen molar-refractivity contribution in [3.05, 3.63) is 28.5 Å². The van der Waals surface area contributed by atoms with E-state index in [2.05, 4.69) is 27.1 Å². The molecule has 0 radical (unpaired) electrons. The van der Waals surface area contributed by atoms with Gasteiger partial charge in [-0.1, -0.05) is 11.6 Å². The third-order valence-corrected chi connectivity index (χ3v) is 6.82. The number of hydrogen-bond acceptors (Lipinski definition) is 9. The first-order valence-electron chi connectivity index (χ1n) is 11.3. The number of anilines is 2. The van der Waals surface area contributed by atoms with E-state index in [-0.39, 0.29) is 53.6 Å². The molecule has 2 N–H and O–H groups in total. The minimum Gasteiger partial charge on any atom is -0.475 e. The highest BCUT2D eigenvalue weighted by atomic mass is 35.5. The molecule has 0 bridgehead atoms. The molecule has 38 heavy (non-hydrogen) atoms. The summed E-state index contributed by atoms with van der Waals surface area (Å²) in [7, 11) is 1.26. The van der Waals surface area contributed by atoms with Crippen LogP contribution >= 0.6 is 11.6 Å². The molecule has 3 unspecified atom stereocenters. The maximum Gasteiger partial charge on any atom is 0.418 e. The second-order valence-corrected chi connectivity index (χ2v) is 9.38.